The van der Waals surface area contributed by atoms with Crippen molar-refractivity contribution in [2.45, 2.75) is 50.8 Å². The van der Waals surface area contributed by atoms with E-state index in [1.165, 1.54) is 11.8 Å². The molecule has 0 radical (unpaired) electrons. The van der Waals surface area contributed by atoms with Crippen LogP contribution in [0.3, 0.4) is 0 Å². The first-order valence-electron chi connectivity index (χ1n) is 6.04. The van der Waals surface area contributed by atoms with Gasteiger partial charge in [0.25, 0.3) is 5.22 Å². The van der Waals surface area contributed by atoms with Crippen LogP contribution >= 0.6 is 23.4 Å². The van der Waals surface area contributed by atoms with Crippen molar-refractivity contribution in [3.8, 4) is 0 Å². The Labute approximate surface area is 122 Å². The molecular weight excluding hydrogens is 282 g/mol. The van der Waals surface area contributed by atoms with E-state index < -0.39 is 0 Å². The zero-order valence-corrected chi connectivity index (χ0v) is 13.2. The fraction of sp³-hybridized carbons (Fsp3) is 0.462. The number of aromatic nitrogens is 3. The van der Waals surface area contributed by atoms with E-state index in [1.54, 1.807) is 0 Å². The summed E-state index contributed by atoms with van der Waals surface area (Å²) < 4.78 is 5.56. The summed E-state index contributed by atoms with van der Waals surface area (Å²) in [5, 5.41) is 1.87. The molecule has 0 saturated heterocycles. The average molecular weight is 298 g/mol. The van der Waals surface area contributed by atoms with E-state index in [1.807, 2.05) is 34.6 Å². The largest absolute Gasteiger partial charge is 0.436 e. The van der Waals surface area contributed by atoms with Crippen LogP contribution in [0, 0.1) is 20.8 Å². The standard InChI is InChI=1S/C13H16ClN3OS/c1-6(2)11-16-10(14)7(3)12(17-11)19-13-15-8(4)9(5)18-13/h6H,1-5H3. The summed E-state index contributed by atoms with van der Waals surface area (Å²) in [7, 11) is 0. The zero-order valence-electron chi connectivity index (χ0n) is 11.6. The SMILES string of the molecule is Cc1nc(Sc2nc(C(C)C)nc(Cl)c2C)oc1C. The third-order valence-electron chi connectivity index (χ3n) is 2.77. The molecule has 6 heteroatoms. The molecule has 0 aliphatic carbocycles. The van der Waals surface area contributed by atoms with Gasteiger partial charge in [-0.1, -0.05) is 25.4 Å². The van der Waals surface area contributed by atoms with Gasteiger partial charge in [-0.25, -0.2) is 15.0 Å². The van der Waals surface area contributed by atoms with E-state index in [2.05, 4.69) is 15.0 Å². The lowest BCUT2D eigenvalue weighted by atomic mass is 10.2. The molecule has 102 valence electrons. The monoisotopic (exact) mass is 297 g/mol. The first-order valence-corrected chi connectivity index (χ1v) is 7.23. The maximum Gasteiger partial charge on any atom is 0.262 e. The summed E-state index contributed by atoms with van der Waals surface area (Å²) in [6.45, 7) is 9.79. The van der Waals surface area contributed by atoms with Gasteiger partial charge in [-0.2, -0.15) is 0 Å². The molecule has 19 heavy (non-hydrogen) atoms. The number of rotatable bonds is 3. The van der Waals surface area contributed by atoms with Gasteiger partial charge in [0, 0.05) is 11.5 Å². The van der Waals surface area contributed by atoms with Gasteiger partial charge in [0.15, 0.2) is 0 Å². The molecule has 4 nitrogen and oxygen atoms in total. The van der Waals surface area contributed by atoms with Gasteiger partial charge in [-0.3, -0.25) is 0 Å². The lowest BCUT2D eigenvalue weighted by Gasteiger charge is -2.09. The van der Waals surface area contributed by atoms with E-state index in [0.717, 1.165) is 27.9 Å². The second kappa shape index (κ2) is 5.51. The average Bonchev–Trinajstić information content (AvgIpc) is 2.63. The predicted octanol–water partition coefficient (Wildman–Crippen LogP) is 4.32. The summed E-state index contributed by atoms with van der Waals surface area (Å²) in [5.74, 6) is 1.79. The third kappa shape index (κ3) is 3.09. The molecule has 0 amide bonds. The zero-order chi connectivity index (χ0) is 14.2. The summed E-state index contributed by atoms with van der Waals surface area (Å²) in [6.07, 6.45) is 0. The van der Waals surface area contributed by atoms with Crippen molar-refractivity contribution in [2.24, 2.45) is 0 Å². The summed E-state index contributed by atoms with van der Waals surface area (Å²) in [6, 6.07) is 0. The van der Waals surface area contributed by atoms with Gasteiger partial charge in [-0.05, 0) is 32.5 Å². The van der Waals surface area contributed by atoms with Crippen molar-refractivity contribution in [3.05, 3.63) is 28.0 Å². The Hall–Kier alpha value is -1.07. The highest BCUT2D eigenvalue weighted by atomic mass is 35.5. The van der Waals surface area contributed by atoms with Crippen molar-refractivity contribution in [1.29, 1.82) is 0 Å². The molecule has 0 aromatic carbocycles. The van der Waals surface area contributed by atoms with Gasteiger partial charge in [-0.15, -0.1) is 0 Å². The Morgan fingerprint density at radius 2 is 1.79 bits per heavy atom. The highest BCUT2D eigenvalue weighted by Gasteiger charge is 2.15. The predicted molar refractivity (Wildman–Crippen MR) is 76.0 cm³/mol. The first kappa shape index (κ1) is 14.3. The van der Waals surface area contributed by atoms with E-state index in [-0.39, 0.29) is 5.92 Å². The minimum absolute atomic E-state index is 0.227. The van der Waals surface area contributed by atoms with Gasteiger partial charge >= 0.3 is 0 Å². The van der Waals surface area contributed by atoms with Crippen LogP contribution in [0.1, 0.15) is 42.6 Å². The van der Waals surface area contributed by atoms with Gasteiger partial charge in [0.05, 0.1) is 5.69 Å². The highest BCUT2D eigenvalue weighted by Crippen LogP contribution is 2.32. The highest BCUT2D eigenvalue weighted by molar-refractivity contribution is 7.99. The lowest BCUT2D eigenvalue weighted by molar-refractivity contribution is 0.431. The minimum atomic E-state index is 0.227. The van der Waals surface area contributed by atoms with Crippen LogP contribution in [0.15, 0.2) is 14.7 Å². The lowest BCUT2D eigenvalue weighted by Crippen LogP contribution is -2.01. The van der Waals surface area contributed by atoms with Crippen molar-refractivity contribution in [3.63, 3.8) is 0 Å². The van der Waals surface area contributed by atoms with Crippen LogP contribution in [-0.4, -0.2) is 15.0 Å². The molecule has 2 aromatic rings. The van der Waals surface area contributed by atoms with Crippen LogP contribution < -0.4 is 0 Å². The second-order valence-electron chi connectivity index (χ2n) is 4.68. The Kier molecular flexibility index (Phi) is 4.16. The van der Waals surface area contributed by atoms with Crippen LogP contribution in [0.25, 0.3) is 0 Å². The smallest absolute Gasteiger partial charge is 0.262 e. The molecule has 0 saturated carbocycles. The molecular formula is C13H16ClN3OS. The van der Waals surface area contributed by atoms with Crippen LogP contribution in [0.4, 0.5) is 0 Å². The van der Waals surface area contributed by atoms with Crippen molar-refractivity contribution in [2.75, 3.05) is 0 Å². The minimum Gasteiger partial charge on any atom is -0.436 e. The van der Waals surface area contributed by atoms with E-state index >= 15 is 0 Å². The number of halogens is 1. The first-order chi connectivity index (χ1) is 8.88. The quantitative estimate of drug-likeness (QED) is 0.790. The van der Waals surface area contributed by atoms with Crippen LogP contribution in [0.2, 0.25) is 5.15 Å². The van der Waals surface area contributed by atoms with Gasteiger partial charge < -0.3 is 4.42 Å². The number of oxazole rings is 1. The van der Waals surface area contributed by atoms with E-state index in [0.29, 0.717) is 10.4 Å². The maximum absolute atomic E-state index is 6.15. The normalized spacial score (nSPS) is 11.3. The van der Waals surface area contributed by atoms with Crippen molar-refractivity contribution >= 4 is 23.4 Å². The summed E-state index contributed by atoms with van der Waals surface area (Å²) in [5.41, 5.74) is 1.74. The fourth-order valence-corrected chi connectivity index (χ4v) is 2.55. The molecule has 0 unspecified atom stereocenters. The molecule has 0 aliphatic rings. The Balaban J connectivity index is 2.38. The molecule has 0 N–H and O–H groups in total. The van der Waals surface area contributed by atoms with Gasteiger partial charge in [0.2, 0.25) is 0 Å². The van der Waals surface area contributed by atoms with E-state index in [9.17, 15) is 0 Å². The number of hydrogen-bond donors (Lipinski definition) is 0. The molecule has 0 aliphatic heterocycles. The van der Waals surface area contributed by atoms with Crippen LogP contribution in [0.5, 0.6) is 0 Å². The summed E-state index contributed by atoms with van der Waals surface area (Å²) >= 11 is 7.53. The van der Waals surface area contributed by atoms with Crippen molar-refractivity contribution < 1.29 is 4.42 Å². The molecule has 0 bridgehead atoms. The molecule has 0 fully saturated rings. The molecule has 0 atom stereocenters. The number of hydrogen-bond acceptors (Lipinski definition) is 5. The van der Waals surface area contributed by atoms with Crippen LogP contribution in [-0.2, 0) is 0 Å². The molecule has 2 heterocycles. The molecule has 2 rings (SSSR count). The number of nitrogens with zero attached hydrogens (tertiary/aromatic N) is 3. The summed E-state index contributed by atoms with van der Waals surface area (Å²) in [4.78, 5) is 13.2. The second-order valence-corrected chi connectivity index (χ2v) is 5.98. The Morgan fingerprint density at radius 3 is 2.32 bits per heavy atom. The van der Waals surface area contributed by atoms with Gasteiger partial charge in [0.1, 0.15) is 21.8 Å². The van der Waals surface area contributed by atoms with E-state index in [4.69, 9.17) is 16.0 Å². The topological polar surface area (TPSA) is 51.8 Å². The molecule has 0 spiro atoms. The third-order valence-corrected chi connectivity index (χ3v) is 4.08. The van der Waals surface area contributed by atoms with Crippen molar-refractivity contribution in [1.82, 2.24) is 15.0 Å². The fourth-order valence-electron chi connectivity index (χ4n) is 1.41. The molecule has 2 aromatic heterocycles. The Bertz CT molecular complexity index is 591. The maximum atomic E-state index is 6.15. The number of aryl methyl sites for hydroxylation is 2. The Morgan fingerprint density at radius 1 is 1.11 bits per heavy atom.